The molecule has 0 aromatic rings. The fraction of sp³-hybridized carbons (Fsp3) is 0.583. The van der Waals surface area contributed by atoms with Crippen molar-refractivity contribution in [2.75, 3.05) is 0 Å². The van der Waals surface area contributed by atoms with Gasteiger partial charge in [-0.05, 0) is 19.8 Å². The number of esters is 1. The molecule has 2 fully saturated rings. The van der Waals surface area contributed by atoms with E-state index < -0.39 is 23.5 Å². The summed E-state index contributed by atoms with van der Waals surface area (Å²) in [5.41, 5.74) is -1.29. The molecule has 1 heterocycles. The van der Waals surface area contributed by atoms with Gasteiger partial charge in [-0.25, -0.2) is 4.79 Å². The van der Waals surface area contributed by atoms with E-state index in [-0.39, 0.29) is 23.9 Å². The van der Waals surface area contributed by atoms with Gasteiger partial charge in [0, 0.05) is 12.0 Å². The van der Waals surface area contributed by atoms with Crippen LogP contribution in [0.2, 0.25) is 0 Å². The molecule has 6 nitrogen and oxygen atoms in total. The van der Waals surface area contributed by atoms with Crippen molar-refractivity contribution in [1.29, 1.82) is 0 Å². The van der Waals surface area contributed by atoms with Crippen LogP contribution in [0, 0.1) is 5.92 Å². The standard InChI is InChI=1S/C12H15NO5/c1-6(2)9(14)13-12(11(16)17)4-3-7-5-8(12)18-10(7)15/h7-8H,1,3-5H2,2H3,(H,13,14)(H,16,17). The highest BCUT2D eigenvalue weighted by molar-refractivity contribution is 5.97. The zero-order valence-electron chi connectivity index (χ0n) is 10.1. The third kappa shape index (κ3) is 1.77. The summed E-state index contributed by atoms with van der Waals surface area (Å²) in [5, 5.41) is 11.9. The molecule has 1 saturated heterocycles. The number of fused-ring (bicyclic) bond motifs is 2. The van der Waals surface area contributed by atoms with Crippen molar-refractivity contribution in [3.05, 3.63) is 12.2 Å². The summed E-state index contributed by atoms with van der Waals surface area (Å²) in [6, 6.07) is 0. The molecule has 0 spiro atoms. The maximum atomic E-state index is 11.7. The molecule has 0 aromatic heterocycles. The van der Waals surface area contributed by atoms with Gasteiger partial charge in [-0.15, -0.1) is 0 Å². The quantitative estimate of drug-likeness (QED) is 0.554. The molecule has 2 bridgehead atoms. The second kappa shape index (κ2) is 4.12. The molecule has 1 amide bonds. The van der Waals surface area contributed by atoms with Crippen molar-refractivity contribution in [3.63, 3.8) is 0 Å². The molecule has 0 aromatic carbocycles. The zero-order valence-corrected chi connectivity index (χ0v) is 10.1. The van der Waals surface area contributed by atoms with E-state index in [1.54, 1.807) is 0 Å². The van der Waals surface area contributed by atoms with E-state index >= 15 is 0 Å². The molecule has 1 aliphatic carbocycles. The van der Waals surface area contributed by atoms with Gasteiger partial charge in [-0.3, -0.25) is 9.59 Å². The first-order valence-corrected chi connectivity index (χ1v) is 5.79. The van der Waals surface area contributed by atoms with E-state index in [4.69, 9.17) is 4.74 Å². The average molecular weight is 253 g/mol. The highest BCUT2D eigenvalue weighted by atomic mass is 16.6. The largest absolute Gasteiger partial charge is 0.479 e. The average Bonchev–Trinajstić information content (AvgIpc) is 2.60. The van der Waals surface area contributed by atoms with Gasteiger partial charge in [0.05, 0.1) is 5.92 Å². The summed E-state index contributed by atoms with van der Waals surface area (Å²) in [4.78, 5) is 34.6. The second-order valence-corrected chi connectivity index (χ2v) is 4.91. The van der Waals surface area contributed by atoms with Crippen LogP contribution in [0.15, 0.2) is 12.2 Å². The van der Waals surface area contributed by atoms with Gasteiger partial charge in [0.2, 0.25) is 5.91 Å². The Hall–Kier alpha value is -1.85. The zero-order chi connectivity index (χ0) is 13.5. The van der Waals surface area contributed by atoms with E-state index in [0.29, 0.717) is 12.8 Å². The van der Waals surface area contributed by atoms with Crippen LogP contribution in [0.4, 0.5) is 0 Å². The number of amides is 1. The monoisotopic (exact) mass is 253 g/mol. The predicted molar refractivity (Wildman–Crippen MR) is 60.5 cm³/mol. The lowest BCUT2D eigenvalue weighted by atomic mass is 9.76. The Morgan fingerprint density at radius 1 is 1.56 bits per heavy atom. The van der Waals surface area contributed by atoms with Crippen LogP contribution < -0.4 is 5.32 Å². The van der Waals surface area contributed by atoms with Crippen LogP contribution in [0.5, 0.6) is 0 Å². The fourth-order valence-corrected chi connectivity index (χ4v) is 2.49. The third-order valence-electron chi connectivity index (χ3n) is 3.63. The van der Waals surface area contributed by atoms with E-state index in [0.717, 1.165) is 0 Å². The fourth-order valence-electron chi connectivity index (χ4n) is 2.49. The minimum Gasteiger partial charge on any atom is -0.479 e. The SMILES string of the molecule is C=C(C)C(=O)NC1(C(=O)O)CCC2CC1OC2=O. The number of ether oxygens (including phenoxy) is 1. The third-order valence-corrected chi connectivity index (χ3v) is 3.63. The van der Waals surface area contributed by atoms with Gasteiger partial charge in [0.1, 0.15) is 6.10 Å². The lowest BCUT2D eigenvalue weighted by molar-refractivity contribution is -0.157. The van der Waals surface area contributed by atoms with Crippen LogP contribution in [-0.2, 0) is 19.1 Å². The summed E-state index contributed by atoms with van der Waals surface area (Å²) < 4.78 is 5.08. The predicted octanol–water partition coefficient (Wildman–Crippen LogP) is 0.228. The van der Waals surface area contributed by atoms with E-state index in [1.807, 2.05) is 0 Å². The highest BCUT2D eigenvalue weighted by Gasteiger charge is 2.57. The Morgan fingerprint density at radius 2 is 2.22 bits per heavy atom. The van der Waals surface area contributed by atoms with Crippen LogP contribution in [0.25, 0.3) is 0 Å². The van der Waals surface area contributed by atoms with Gasteiger partial charge in [-0.1, -0.05) is 6.58 Å². The summed E-state index contributed by atoms with van der Waals surface area (Å²) in [7, 11) is 0. The minimum absolute atomic E-state index is 0.197. The number of hydrogen-bond donors (Lipinski definition) is 2. The minimum atomic E-state index is -1.52. The van der Waals surface area contributed by atoms with Gasteiger partial charge in [0.15, 0.2) is 5.54 Å². The van der Waals surface area contributed by atoms with Gasteiger partial charge < -0.3 is 15.2 Å². The summed E-state index contributed by atoms with van der Waals surface area (Å²) in [6.45, 7) is 4.97. The first-order chi connectivity index (χ1) is 8.36. The van der Waals surface area contributed by atoms with E-state index in [1.165, 1.54) is 6.92 Å². The number of carbonyl (C=O) groups excluding carboxylic acids is 2. The lowest BCUT2D eigenvalue weighted by Gasteiger charge is -2.36. The van der Waals surface area contributed by atoms with Crippen LogP contribution >= 0.6 is 0 Å². The second-order valence-electron chi connectivity index (χ2n) is 4.91. The first kappa shape index (κ1) is 12.6. The topological polar surface area (TPSA) is 92.7 Å². The van der Waals surface area contributed by atoms with Gasteiger partial charge in [-0.2, -0.15) is 0 Å². The molecule has 1 saturated carbocycles. The normalized spacial score (nSPS) is 33.7. The lowest BCUT2D eigenvalue weighted by Crippen LogP contribution is -2.63. The van der Waals surface area contributed by atoms with Crippen molar-refractivity contribution in [1.82, 2.24) is 5.32 Å². The Balaban J connectivity index is 2.28. The van der Waals surface area contributed by atoms with Crippen LogP contribution in [-0.4, -0.2) is 34.6 Å². The first-order valence-electron chi connectivity index (χ1n) is 5.79. The molecule has 1 aliphatic heterocycles. The number of hydrogen-bond acceptors (Lipinski definition) is 4. The van der Waals surface area contributed by atoms with Crippen molar-refractivity contribution < 1.29 is 24.2 Å². The molecule has 0 radical (unpaired) electrons. The van der Waals surface area contributed by atoms with Crippen molar-refractivity contribution >= 4 is 17.8 Å². The summed E-state index contributed by atoms with van der Waals surface area (Å²) in [6.07, 6.45) is 0.173. The van der Waals surface area contributed by atoms with E-state index in [2.05, 4.69) is 11.9 Å². The van der Waals surface area contributed by atoms with Crippen molar-refractivity contribution in [2.24, 2.45) is 5.92 Å². The number of carboxylic acid groups (broad SMARTS) is 1. The van der Waals surface area contributed by atoms with E-state index in [9.17, 15) is 19.5 Å². The van der Waals surface area contributed by atoms with Gasteiger partial charge in [0.25, 0.3) is 0 Å². The van der Waals surface area contributed by atoms with Gasteiger partial charge >= 0.3 is 11.9 Å². The summed E-state index contributed by atoms with van der Waals surface area (Å²) in [5.74, 6) is -2.30. The molecular weight excluding hydrogens is 238 g/mol. The molecule has 2 N–H and O–H groups in total. The Morgan fingerprint density at radius 3 is 2.78 bits per heavy atom. The number of nitrogens with one attached hydrogen (secondary N) is 1. The Bertz CT molecular complexity index is 444. The highest BCUT2D eigenvalue weighted by Crippen LogP contribution is 2.40. The number of aliphatic carboxylic acids is 1. The molecule has 98 valence electrons. The van der Waals surface area contributed by atoms with Crippen LogP contribution in [0.3, 0.4) is 0 Å². The maximum Gasteiger partial charge on any atom is 0.333 e. The Labute approximate surface area is 104 Å². The van der Waals surface area contributed by atoms with Crippen molar-refractivity contribution in [3.8, 4) is 0 Å². The maximum absolute atomic E-state index is 11.7. The molecule has 18 heavy (non-hydrogen) atoms. The molecule has 6 heteroatoms. The number of carbonyl (C=O) groups is 3. The molecule has 3 unspecified atom stereocenters. The van der Waals surface area contributed by atoms with Crippen molar-refractivity contribution in [2.45, 2.75) is 37.8 Å². The number of rotatable bonds is 3. The summed E-state index contributed by atoms with van der Waals surface area (Å²) >= 11 is 0. The molecule has 2 rings (SSSR count). The molecule has 2 aliphatic rings. The number of carboxylic acids is 1. The molecule has 3 atom stereocenters. The smallest absolute Gasteiger partial charge is 0.333 e. The molecular formula is C12H15NO5. The Kier molecular flexibility index (Phi) is 2.88. The van der Waals surface area contributed by atoms with Crippen LogP contribution in [0.1, 0.15) is 26.2 Å².